The highest BCUT2D eigenvalue weighted by molar-refractivity contribution is 6.07. The first kappa shape index (κ1) is 16.7. The molecule has 2 amide bonds. The number of fused-ring (bicyclic) bond motifs is 1. The molecule has 0 aromatic heterocycles. The molecule has 1 aromatic rings. The molecule has 2 unspecified atom stereocenters. The highest BCUT2D eigenvalue weighted by atomic mass is 16.5. The molecule has 24 heavy (non-hydrogen) atoms. The zero-order valence-electron chi connectivity index (χ0n) is 14.4. The first-order valence-electron chi connectivity index (χ1n) is 8.53. The molecule has 128 valence electrons. The molecule has 1 saturated heterocycles. The van der Waals surface area contributed by atoms with E-state index in [4.69, 9.17) is 4.74 Å². The summed E-state index contributed by atoms with van der Waals surface area (Å²) in [5.74, 6) is -0.926. The van der Waals surface area contributed by atoms with Crippen LogP contribution in [-0.4, -0.2) is 29.2 Å². The van der Waals surface area contributed by atoms with Crippen molar-refractivity contribution in [1.82, 2.24) is 4.90 Å². The Hall–Kier alpha value is -2.17. The highest BCUT2D eigenvalue weighted by Gasteiger charge is 2.48. The Morgan fingerprint density at radius 1 is 1.04 bits per heavy atom. The summed E-state index contributed by atoms with van der Waals surface area (Å²) in [6, 6.07) is 3.87. The standard InChI is InChI=1S/C19H23NO4/c1-11-8-9-12(2)17(13(11)3)24-16(21)10-20-18(22)14-6-4-5-7-15(14)19(20)23/h8-9,14-15H,4-7,10H2,1-3H3. The molecular formula is C19H23NO4. The van der Waals surface area contributed by atoms with Gasteiger partial charge in [0.25, 0.3) is 0 Å². The first-order chi connectivity index (χ1) is 11.4. The molecule has 1 heterocycles. The summed E-state index contributed by atoms with van der Waals surface area (Å²) in [7, 11) is 0. The second-order valence-corrected chi connectivity index (χ2v) is 6.89. The number of hydrogen-bond donors (Lipinski definition) is 0. The van der Waals surface area contributed by atoms with Gasteiger partial charge in [0, 0.05) is 0 Å². The van der Waals surface area contributed by atoms with E-state index in [9.17, 15) is 14.4 Å². The van der Waals surface area contributed by atoms with Crippen LogP contribution in [0, 0.1) is 32.6 Å². The predicted molar refractivity (Wildman–Crippen MR) is 88.5 cm³/mol. The zero-order valence-corrected chi connectivity index (χ0v) is 14.4. The number of benzene rings is 1. The van der Waals surface area contributed by atoms with Crippen LogP contribution in [0.15, 0.2) is 12.1 Å². The SMILES string of the molecule is Cc1ccc(C)c(OC(=O)CN2C(=O)C3CCCCC3C2=O)c1C. The maximum Gasteiger partial charge on any atom is 0.331 e. The van der Waals surface area contributed by atoms with Crippen molar-refractivity contribution in [3.8, 4) is 5.75 Å². The van der Waals surface area contributed by atoms with Crippen molar-refractivity contribution in [2.24, 2.45) is 11.8 Å². The van der Waals surface area contributed by atoms with Crippen molar-refractivity contribution in [1.29, 1.82) is 0 Å². The van der Waals surface area contributed by atoms with E-state index in [1.807, 2.05) is 32.9 Å². The highest BCUT2D eigenvalue weighted by Crippen LogP contribution is 2.38. The van der Waals surface area contributed by atoms with E-state index >= 15 is 0 Å². The summed E-state index contributed by atoms with van der Waals surface area (Å²) in [5, 5.41) is 0. The lowest BCUT2D eigenvalue weighted by Crippen LogP contribution is -2.37. The Labute approximate surface area is 142 Å². The largest absolute Gasteiger partial charge is 0.425 e. The monoisotopic (exact) mass is 329 g/mol. The van der Waals surface area contributed by atoms with Gasteiger partial charge in [-0.25, -0.2) is 4.79 Å². The molecule has 2 aliphatic rings. The quantitative estimate of drug-likeness (QED) is 0.486. The fourth-order valence-corrected chi connectivity index (χ4v) is 3.74. The minimum absolute atomic E-state index is 0.209. The maximum absolute atomic E-state index is 12.4. The number of carbonyl (C=O) groups is 3. The number of likely N-dealkylation sites (tertiary alicyclic amines) is 1. The average molecular weight is 329 g/mol. The van der Waals surface area contributed by atoms with E-state index in [0.717, 1.165) is 47.3 Å². The van der Waals surface area contributed by atoms with Crippen LogP contribution < -0.4 is 4.74 Å². The molecular weight excluding hydrogens is 306 g/mol. The molecule has 2 atom stereocenters. The second-order valence-electron chi connectivity index (χ2n) is 6.89. The summed E-state index contributed by atoms with van der Waals surface area (Å²) in [5.41, 5.74) is 2.79. The van der Waals surface area contributed by atoms with Crippen molar-refractivity contribution in [2.45, 2.75) is 46.5 Å². The van der Waals surface area contributed by atoms with Gasteiger partial charge in [-0.15, -0.1) is 0 Å². The lowest BCUT2D eigenvalue weighted by atomic mass is 9.81. The maximum atomic E-state index is 12.4. The van der Waals surface area contributed by atoms with Crippen LogP contribution in [0.25, 0.3) is 0 Å². The molecule has 5 nitrogen and oxygen atoms in total. The third kappa shape index (κ3) is 2.83. The summed E-state index contributed by atoms with van der Waals surface area (Å²) in [6.07, 6.45) is 3.44. The third-order valence-corrected chi connectivity index (χ3v) is 5.31. The number of ether oxygens (including phenoxy) is 1. The second kappa shape index (κ2) is 6.38. The molecule has 0 spiro atoms. The molecule has 5 heteroatoms. The summed E-state index contributed by atoms with van der Waals surface area (Å²) >= 11 is 0. The number of rotatable bonds is 3. The molecule has 1 aliphatic heterocycles. The molecule has 1 aliphatic carbocycles. The smallest absolute Gasteiger partial charge is 0.331 e. The van der Waals surface area contributed by atoms with Crippen LogP contribution >= 0.6 is 0 Å². The zero-order chi connectivity index (χ0) is 17.4. The summed E-state index contributed by atoms with van der Waals surface area (Å²) in [4.78, 5) is 38.3. The van der Waals surface area contributed by atoms with Crippen molar-refractivity contribution in [2.75, 3.05) is 6.54 Å². The van der Waals surface area contributed by atoms with Gasteiger partial charge >= 0.3 is 5.97 Å². The lowest BCUT2D eigenvalue weighted by Gasteiger charge is -2.19. The minimum Gasteiger partial charge on any atom is -0.425 e. The van der Waals surface area contributed by atoms with Gasteiger partial charge in [-0.05, 0) is 50.3 Å². The lowest BCUT2D eigenvalue weighted by molar-refractivity contribution is -0.148. The van der Waals surface area contributed by atoms with Crippen molar-refractivity contribution in [3.63, 3.8) is 0 Å². The van der Waals surface area contributed by atoms with Gasteiger partial charge in [-0.2, -0.15) is 0 Å². The Balaban J connectivity index is 1.73. The van der Waals surface area contributed by atoms with Crippen molar-refractivity contribution >= 4 is 17.8 Å². The van der Waals surface area contributed by atoms with Crippen LogP contribution in [0.1, 0.15) is 42.4 Å². The van der Waals surface area contributed by atoms with Crippen LogP contribution in [0.5, 0.6) is 5.75 Å². The molecule has 0 radical (unpaired) electrons. The van der Waals surface area contributed by atoms with Gasteiger partial charge in [-0.3, -0.25) is 14.5 Å². The van der Waals surface area contributed by atoms with E-state index in [1.165, 1.54) is 0 Å². The van der Waals surface area contributed by atoms with Crippen LogP contribution in [-0.2, 0) is 14.4 Å². The predicted octanol–water partition coefficient (Wildman–Crippen LogP) is 2.69. The normalized spacial score (nSPS) is 23.4. The van der Waals surface area contributed by atoms with Gasteiger partial charge < -0.3 is 4.74 Å². The van der Waals surface area contributed by atoms with E-state index < -0.39 is 5.97 Å². The van der Waals surface area contributed by atoms with Gasteiger partial charge in [0.2, 0.25) is 11.8 Å². The minimum atomic E-state index is -0.563. The Kier molecular flexibility index (Phi) is 4.43. The van der Waals surface area contributed by atoms with Crippen LogP contribution in [0.4, 0.5) is 0 Å². The number of hydrogen-bond acceptors (Lipinski definition) is 4. The van der Waals surface area contributed by atoms with E-state index in [2.05, 4.69) is 0 Å². The number of imide groups is 1. The number of carbonyl (C=O) groups excluding carboxylic acids is 3. The Morgan fingerprint density at radius 3 is 2.17 bits per heavy atom. The molecule has 0 bridgehead atoms. The molecule has 3 rings (SSSR count). The molecule has 1 aromatic carbocycles. The van der Waals surface area contributed by atoms with Gasteiger partial charge in [0.1, 0.15) is 12.3 Å². The van der Waals surface area contributed by atoms with Crippen LogP contribution in [0.2, 0.25) is 0 Å². The average Bonchev–Trinajstić information content (AvgIpc) is 2.81. The van der Waals surface area contributed by atoms with Gasteiger partial charge in [0.05, 0.1) is 11.8 Å². The van der Waals surface area contributed by atoms with E-state index in [1.54, 1.807) is 0 Å². The topological polar surface area (TPSA) is 63.7 Å². The van der Waals surface area contributed by atoms with Crippen molar-refractivity contribution < 1.29 is 19.1 Å². The van der Waals surface area contributed by atoms with Crippen LogP contribution in [0.3, 0.4) is 0 Å². The van der Waals surface area contributed by atoms with Gasteiger partial charge in [0.15, 0.2) is 0 Å². The Bertz CT molecular complexity index is 686. The fraction of sp³-hybridized carbons (Fsp3) is 0.526. The number of amides is 2. The number of nitrogens with zero attached hydrogens (tertiary/aromatic N) is 1. The summed E-state index contributed by atoms with van der Waals surface area (Å²) < 4.78 is 5.48. The van der Waals surface area contributed by atoms with E-state index in [-0.39, 0.29) is 30.2 Å². The molecule has 2 fully saturated rings. The van der Waals surface area contributed by atoms with E-state index in [0.29, 0.717) is 5.75 Å². The first-order valence-corrected chi connectivity index (χ1v) is 8.53. The molecule has 0 N–H and O–H groups in total. The Morgan fingerprint density at radius 2 is 1.58 bits per heavy atom. The van der Waals surface area contributed by atoms with Gasteiger partial charge in [-0.1, -0.05) is 25.0 Å². The van der Waals surface area contributed by atoms with Crippen molar-refractivity contribution in [3.05, 3.63) is 28.8 Å². The molecule has 1 saturated carbocycles. The fourth-order valence-electron chi connectivity index (χ4n) is 3.74. The number of esters is 1. The summed E-state index contributed by atoms with van der Waals surface area (Å²) in [6.45, 7) is 5.42. The third-order valence-electron chi connectivity index (χ3n) is 5.31. The number of aryl methyl sites for hydroxylation is 2.